The second-order valence-corrected chi connectivity index (χ2v) is 3.89. The van der Waals surface area contributed by atoms with Crippen molar-refractivity contribution in [2.75, 3.05) is 12.4 Å². The Hall–Kier alpha value is -1.50. The van der Waals surface area contributed by atoms with Crippen molar-refractivity contribution < 1.29 is 8.78 Å². The molecule has 2 aromatic heterocycles. The molecule has 0 atom stereocenters. The number of rotatable bonds is 2. The van der Waals surface area contributed by atoms with Crippen molar-refractivity contribution in [3.05, 3.63) is 34.6 Å². The molecule has 0 aliphatic rings. The standard InChI is InChI=1S/C9H7BrF2N4/c1-13-8-6(11)2-7(12)9(15-8)16-4-5(10)3-14-16/h2-4H,1H3,(H,13,15). The molecule has 0 saturated carbocycles. The van der Waals surface area contributed by atoms with Crippen molar-refractivity contribution in [3.63, 3.8) is 0 Å². The summed E-state index contributed by atoms with van der Waals surface area (Å²) in [4.78, 5) is 3.79. The van der Waals surface area contributed by atoms with E-state index < -0.39 is 11.6 Å². The molecule has 2 aromatic rings. The molecular weight excluding hydrogens is 282 g/mol. The van der Waals surface area contributed by atoms with Gasteiger partial charge in [-0.2, -0.15) is 5.10 Å². The molecule has 0 saturated heterocycles. The van der Waals surface area contributed by atoms with E-state index in [9.17, 15) is 8.78 Å². The van der Waals surface area contributed by atoms with Crippen LogP contribution < -0.4 is 5.32 Å². The minimum Gasteiger partial charge on any atom is -0.371 e. The van der Waals surface area contributed by atoms with Crippen LogP contribution in [-0.4, -0.2) is 21.8 Å². The number of pyridine rings is 1. The third-order valence-electron chi connectivity index (χ3n) is 1.92. The van der Waals surface area contributed by atoms with E-state index in [-0.39, 0.29) is 11.6 Å². The van der Waals surface area contributed by atoms with Crippen molar-refractivity contribution in [2.24, 2.45) is 0 Å². The van der Waals surface area contributed by atoms with Crippen molar-refractivity contribution in [3.8, 4) is 5.82 Å². The third kappa shape index (κ3) is 1.90. The SMILES string of the molecule is CNc1nc(-n2cc(Br)cn2)c(F)cc1F. The van der Waals surface area contributed by atoms with Crippen LogP contribution in [0, 0.1) is 11.6 Å². The Bertz CT molecular complexity index is 526. The lowest BCUT2D eigenvalue weighted by Crippen LogP contribution is -2.06. The highest BCUT2D eigenvalue weighted by Gasteiger charge is 2.13. The minimum atomic E-state index is -0.771. The minimum absolute atomic E-state index is 0.0250. The van der Waals surface area contributed by atoms with Gasteiger partial charge in [-0.15, -0.1) is 0 Å². The maximum atomic E-state index is 13.5. The van der Waals surface area contributed by atoms with Crippen LogP contribution in [0.15, 0.2) is 22.9 Å². The van der Waals surface area contributed by atoms with Crippen molar-refractivity contribution in [1.29, 1.82) is 0 Å². The van der Waals surface area contributed by atoms with Gasteiger partial charge in [-0.3, -0.25) is 0 Å². The molecule has 2 rings (SSSR count). The summed E-state index contributed by atoms with van der Waals surface area (Å²) < 4.78 is 28.5. The first-order valence-corrected chi connectivity index (χ1v) is 5.15. The zero-order valence-corrected chi connectivity index (χ0v) is 9.79. The van der Waals surface area contributed by atoms with E-state index in [4.69, 9.17) is 0 Å². The van der Waals surface area contributed by atoms with Crippen molar-refractivity contribution in [2.45, 2.75) is 0 Å². The largest absolute Gasteiger partial charge is 0.371 e. The van der Waals surface area contributed by atoms with E-state index in [1.807, 2.05) is 0 Å². The molecule has 2 heterocycles. The Morgan fingerprint density at radius 3 is 2.69 bits per heavy atom. The zero-order chi connectivity index (χ0) is 11.7. The zero-order valence-electron chi connectivity index (χ0n) is 8.21. The Kier molecular flexibility index (Phi) is 2.86. The lowest BCUT2D eigenvalue weighted by Gasteiger charge is -2.06. The number of nitrogens with zero attached hydrogens (tertiary/aromatic N) is 3. The van der Waals surface area contributed by atoms with E-state index in [0.29, 0.717) is 4.47 Å². The molecule has 0 amide bonds. The van der Waals surface area contributed by atoms with Gasteiger partial charge in [0.25, 0.3) is 0 Å². The van der Waals surface area contributed by atoms with Gasteiger partial charge in [0.1, 0.15) is 0 Å². The fourth-order valence-corrected chi connectivity index (χ4v) is 1.50. The maximum Gasteiger partial charge on any atom is 0.191 e. The van der Waals surface area contributed by atoms with Gasteiger partial charge in [0.2, 0.25) is 0 Å². The second kappa shape index (κ2) is 4.17. The Morgan fingerprint density at radius 2 is 2.12 bits per heavy atom. The third-order valence-corrected chi connectivity index (χ3v) is 2.33. The molecule has 0 spiro atoms. The molecule has 16 heavy (non-hydrogen) atoms. The van der Waals surface area contributed by atoms with Crippen molar-refractivity contribution in [1.82, 2.24) is 14.8 Å². The first-order chi connectivity index (χ1) is 7.61. The van der Waals surface area contributed by atoms with Gasteiger partial charge in [-0.1, -0.05) is 0 Å². The molecule has 0 bridgehead atoms. The number of aromatic nitrogens is 3. The monoisotopic (exact) mass is 288 g/mol. The van der Waals surface area contributed by atoms with Crippen LogP contribution in [0.1, 0.15) is 0 Å². The first kappa shape index (κ1) is 11.0. The van der Waals surface area contributed by atoms with Gasteiger partial charge in [-0.05, 0) is 15.9 Å². The summed E-state index contributed by atoms with van der Waals surface area (Å²) in [6.45, 7) is 0. The smallest absolute Gasteiger partial charge is 0.191 e. The number of nitrogens with one attached hydrogen (secondary N) is 1. The van der Waals surface area contributed by atoms with Crippen LogP contribution >= 0.6 is 15.9 Å². The van der Waals surface area contributed by atoms with E-state index >= 15 is 0 Å². The second-order valence-electron chi connectivity index (χ2n) is 2.98. The van der Waals surface area contributed by atoms with Crippen molar-refractivity contribution >= 4 is 21.7 Å². The lowest BCUT2D eigenvalue weighted by molar-refractivity contribution is 0.563. The van der Waals surface area contributed by atoms with Gasteiger partial charge in [0.15, 0.2) is 23.3 Å². The lowest BCUT2D eigenvalue weighted by atomic mass is 10.4. The molecule has 84 valence electrons. The fourth-order valence-electron chi connectivity index (χ4n) is 1.21. The molecule has 0 unspecified atom stereocenters. The highest BCUT2D eigenvalue weighted by molar-refractivity contribution is 9.10. The van der Waals surface area contributed by atoms with Crippen LogP contribution in [0.5, 0.6) is 0 Å². The molecule has 1 N–H and O–H groups in total. The Labute approximate surface area is 98.4 Å². The molecule has 0 aromatic carbocycles. The predicted molar refractivity (Wildman–Crippen MR) is 58.5 cm³/mol. The fraction of sp³-hybridized carbons (Fsp3) is 0.111. The van der Waals surface area contributed by atoms with Crippen LogP contribution in [0.25, 0.3) is 5.82 Å². The molecular formula is C9H7BrF2N4. The predicted octanol–water partition coefficient (Wildman–Crippen LogP) is 2.35. The number of anilines is 1. The van der Waals surface area contributed by atoms with Crippen LogP contribution in [0.2, 0.25) is 0 Å². The number of halogens is 3. The number of hydrogen-bond donors (Lipinski definition) is 1. The molecule has 7 heteroatoms. The Morgan fingerprint density at radius 1 is 1.38 bits per heavy atom. The summed E-state index contributed by atoms with van der Waals surface area (Å²) in [5.74, 6) is -1.60. The quantitative estimate of drug-likeness (QED) is 0.922. The van der Waals surface area contributed by atoms with Gasteiger partial charge in [0.05, 0.1) is 10.7 Å². The molecule has 4 nitrogen and oxygen atoms in total. The van der Waals surface area contributed by atoms with E-state index in [1.54, 1.807) is 0 Å². The highest BCUT2D eigenvalue weighted by atomic mass is 79.9. The van der Waals surface area contributed by atoms with E-state index in [2.05, 4.69) is 31.3 Å². The highest BCUT2D eigenvalue weighted by Crippen LogP contribution is 2.18. The summed E-state index contributed by atoms with van der Waals surface area (Å²) in [6.07, 6.45) is 3.02. The topological polar surface area (TPSA) is 42.7 Å². The normalized spacial score (nSPS) is 10.5. The summed E-state index contributed by atoms with van der Waals surface area (Å²) in [6, 6.07) is 0.768. The van der Waals surface area contributed by atoms with Gasteiger partial charge >= 0.3 is 0 Å². The molecule has 0 aliphatic heterocycles. The Balaban J connectivity index is 2.56. The average molecular weight is 289 g/mol. The van der Waals surface area contributed by atoms with Crippen LogP contribution in [0.3, 0.4) is 0 Å². The number of hydrogen-bond acceptors (Lipinski definition) is 3. The molecule has 0 fully saturated rings. The average Bonchev–Trinajstić information content (AvgIpc) is 2.65. The van der Waals surface area contributed by atoms with E-state index in [1.165, 1.54) is 24.1 Å². The molecule has 0 radical (unpaired) electrons. The van der Waals surface area contributed by atoms with Crippen LogP contribution in [-0.2, 0) is 0 Å². The van der Waals surface area contributed by atoms with Gasteiger partial charge < -0.3 is 5.32 Å². The summed E-state index contributed by atoms with van der Waals surface area (Å²) >= 11 is 3.18. The van der Waals surface area contributed by atoms with Gasteiger partial charge in [0, 0.05) is 19.3 Å². The summed E-state index contributed by atoms with van der Waals surface area (Å²) in [5.41, 5.74) is 0. The van der Waals surface area contributed by atoms with E-state index in [0.717, 1.165) is 6.07 Å². The van der Waals surface area contributed by atoms with Crippen LogP contribution in [0.4, 0.5) is 14.6 Å². The maximum absolute atomic E-state index is 13.5. The summed E-state index contributed by atoms with van der Waals surface area (Å²) in [5, 5.41) is 6.40. The molecule has 0 aliphatic carbocycles. The first-order valence-electron chi connectivity index (χ1n) is 4.36. The van der Waals surface area contributed by atoms with Gasteiger partial charge in [-0.25, -0.2) is 18.4 Å². The summed E-state index contributed by atoms with van der Waals surface area (Å²) in [7, 11) is 1.51.